The van der Waals surface area contributed by atoms with Crippen LogP contribution in [0.15, 0.2) is 29.3 Å². The lowest BCUT2D eigenvalue weighted by Crippen LogP contribution is -2.30. The second kappa shape index (κ2) is 4.84. The van der Waals surface area contributed by atoms with E-state index < -0.39 is 6.36 Å². The van der Waals surface area contributed by atoms with Gasteiger partial charge in [0.05, 0.1) is 0 Å². The first-order valence-electron chi connectivity index (χ1n) is 4.26. The summed E-state index contributed by atoms with van der Waals surface area (Å²) in [5.74, 6) is 5.25. The number of amidine groups is 1. The standard InChI is InChI=1S/C9H10F3N3O/c1-14-8(15-13)6-2-4-7(5-3-6)16-9(10,11)12/h2-5H,13H2,1H3,(H,14,15). The molecule has 0 heterocycles. The van der Waals surface area contributed by atoms with Crippen LogP contribution in [0.4, 0.5) is 13.2 Å². The Bertz CT molecular complexity index is 373. The van der Waals surface area contributed by atoms with E-state index in [1.165, 1.54) is 31.3 Å². The second-order valence-electron chi connectivity index (χ2n) is 2.79. The van der Waals surface area contributed by atoms with E-state index in [2.05, 4.69) is 15.2 Å². The molecule has 88 valence electrons. The summed E-state index contributed by atoms with van der Waals surface area (Å²) in [6.07, 6.45) is -4.69. The zero-order valence-corrected chi connectivity index (χ0v) is 8.38. The molecule has 0 fully saturated rings. The molecule has 0 atom stereocenters. The highest BCUT2D eigenvalue weighted by molar-refractivity contribution is 5.98. The Morgan fingerprint density at radius 1 is 1.31 bits per heavy atom. The lowest BCUT2D eigenvalue weighted by Gasteiger charge is -2.09. The number of rotatable bonds is 2. The molecular formula is C9H10F3N3O. The fourth-order valence-electron chi connectivity index (χ4n) is 1.09. The SMILES string of the molecule is CN=C(NN)c1ccc(OC(F)(F)F)cc1. The van der Waals surface area contributed by atoms with Gasteiger partial charge in [-0.25, -0.2) is 5.84 Å². The molecule has 7 heteroatoms. The molecule has 0 saturated carbocycles. The minimum Gasteiger partial charge on any atom is -0.406 e. The van der Waals surface area contributed by atoms with E-state index in [1.54, 1.807) is 0 Å². The maximum Gasteiger partial charge on any atom is 0.573 e. The van der Waals surface area contributed by atoms with Gasteiger partial charge in [-0.3, -0.25) is 4.99 Å². The number of alkyl halides is 3. The molecule has 0 aliphatic heterocycles. The molecular weight excluding hydrogens is 223 g/mol. The predicted octanol–water partition coefficient (Wildman–Crippen LogP) is 1.42. The topological polar surface area (TPSA) is 59.6 Å². The van der Waals surface area contributed by atoms with Crippen molar-refractivity contribution in [3.8, 4) is 5.75 Å². The van der Waals surface area contributed by atoms with Crippen LogP contribution in [-0.2, 0) is 0 Å². The second-order valence-corrected chi connectivity index (χ2v) is 2.79. The van der Waals surface area contributed by atoms with Crippen LogP contribution < -0.4 is 16.0 Å². The van der Waals surface area contributed by atoms with Crippen molar-refractivity contribution >= 4 is 5.84 Å². The number of nitrogens with two attached hydrogens (primary N) is 1. The Morgan fingerprint density at radius 2 is 1.88 bits per heavy atom. The largest absolute Gasteiger partial charge is 0.573 e. The number of halogens is 3. The number of benzene rings is 1. The fourth-order valence-corrected chi connectivity index (χ4v) is 1.09. The van der Waals surface area contributed by atoms with Gasteiger partial charge in [0.25, 0.3) is 0 Å². The van der Waals surface area contributed by atoms with Gasteiger partial charge in [0, 0.05) is 12.6 Å². The third-order valence-corrected chi connectivity index (χ3v) is 1.72. The van der Waals surface area contributed by atoms with E-state index in [9.17, 15) is 13.2 Å². The van der Waals surface area contributed by atoms with Gasteiger partial charge in [-0.1, -0.05) is 0 Å². The molecule has 0 aliphatic rings. The average molecular weight is 233 g/mol. The number of nitrogens with zero attached hydrogens (tertiary/aromatic N) is 1. The number of nitrogens with one attached hydrogen (secondary N) is 1. The quantitative estimate of drug-likeness (QED) is 0.351. The summed E-state index contributed by atoms with van der Waals surface area (Å²) in [6, 6.07) is 5.21. The summed E-state index contributed by atoms with van der Waals surface area (Å²) in [7, 11) is 1.51. The normalized spacial score (nSPS) is 12.4. The lowest BCUT2D eigenvalue weighted by molar-refractivity contribution is -0.274. The van der Waals surface area contributed by atoms with Crippen LogP contribution >= 0.6 is 0 Å². The molecule has 1 aromatic carbocycles. The highest BCUT2D eigenvalue weighted by atomic mass is 19.4. The molecule has 0 aromatic heterocycles. The molecule has 4 nitrogen and oxygen atoms in total. The van der Waals surface area contributed by atoms with Gasteiger partial charge in [-0.05, 0) is 24.3 Å². The van der Waals surface area contributed by atoms with Crippen molar-refractivity contribution in [2.24, 2.45) is 10.8 Å². The zero-order chi connectivity index (χ0) is 12.2. The number of hydrazine groups is 1. The summed E-state index contributed by atoms with van der Waals surface area (Å²) < 4.78 is 39.3. The molecule has 0 aliphatic carbocycles. The predicted molar refractivity (Wildman–Crippen MR) is 52.9 cm³/mol. The monoisotopic (exact) mass is 233 g/mol. The molecule has 1 aromatic rings. The number of hydrogen-bond acceptors (Lipinski definition) is 3. The van der Waals surface area contributed by atoms with E-state index in [-0.39, 0.29) is 5.75 Å². The first kappa shape index (κ1) is 12.3. The van der Waals surface area contributed by atoms with Crippen LogP contribution in [-0.4, -0.2) is 19.2 Å². The summed E-state index contributed by atoms with van der Waals surface area (Å²) in [4.78, 5) is 3.80. The van der Waals surface area contributed by atoms with Gasteiger partial charge in [-0.2, -0.15) is 0 Å². The third-order valence-electron chi connectivity index (χ3n) is 1.72. The number of ether oxygens (including phenoxy) is 1. The molecule has 0 bridgehead atoms. The maximum absolute atomic E-state index is 11.9. The Morgan fingerprint density at radius 3 is 2.25 bits per heavy atom. The highest BCUT2D eigenvalue weighted by Gasteiger charge is 2.30. The fraction of sp³-hybridized carbons (Fsp3) is 0.222. The Labute approximate surface area is 89.9 Å². The molecule has 16 heavy (non-hydrogen) atoms. The van der Waals surface area contributed by atoms with E-state index >= 15 is 0 Å². The van der Waals surface area contributed by atoms with Crippen molar-refractivity contribution in [2.45, 2.75) is 6.36 Å². The molecule has 3 N–H and O–H groups in total. The number of aliphatic imine (C=N–C) groups is 1. The van der Waals surface area contributed by atoms with Crippen molar-refractivity contribution in [3.05, 3.63) is 29.8 Å². The van der Waals surface area contributed by atoms with Crippen LogP contribution in [0.1, 0.15) is 5.56 Å². The van der Waals surface area contributed by atoms with E-state index in [1.807, 2.05) is 0 Å². The smallest absolute Gasteiger partial charge is 0.406 e. The summed E-state index contributed by atoms with van der Waals surface area (Å²) in [5, 5.41) is 0. The van der Waals surface area contributed by atoms with Gasteiger partial charge in [0.2, 0.25) is 0 Å². The van der Waals surface area contributed by atoms with Crippen LogP contribution in [0.2, 0.25) is 0 Å². The van der Waals surface area contributed by atoms with Crippen molar-refractivity contribution in [3.63, 3.8) is 0 Å². The van der Waals surface area contributed by atoms with Crippen LogP contribution in [0, 0.1) is 0 Å². The van der Waals surface area contributed by atoms with Gasteiger partial charge in [0.15, 0.2) is 0 Å². The van der Waals surface area contributed by atoms with Crippen LogP contribution in [0.25, 0.3) is 0 Å². The summed E-state index contributed by atoms with van der Waals surface area (Å²) in [6.45, 7) is 0. The van der Waals surface area contributed by atoms with Gasteiger partial charge in [0.1, 0.15) is 11.6 Å². The Kier molecular flexibility index (Phi) is 3.73. The molecule has 0 radical (unpaired) electrons. The first-order chi connectivity index (χ1) is 7.46. The first-order valence-corrected chi connectivity index (χ1v) is 4.26. The van der Waals surface area contributed by atoms with Gasteiger partial charge >= 0.3 is 6.36 Å². The number of hydrogen-bond donors (Lipinski definition) is 2. The minimum absolute atomic E-state index is 0.288. The summed E-state index contributed by atoms with van der Waals surface area (Å²) >= 11 is 0. The van der Waals surface area contributed by atoms with Crippen molar-refractivity contribution in [2.75, 3.05) is 7.05 Å². The maximum atomic E-state index is 11.9. The van der Waals surface area contributed by atoms with E-state index in [0.717, 1.165) is 0 Å². The van der Waals surface area contributed by atoms with Crippen LogP contribution in [0.5, 0.6) is 5.75 Å². The molecule has 0 unspecified atom stereocenters. The molecule has 0 spiro atoms. The minimum atomic E-state index is -4.69. The van der Waals surface area contributed by atoms with Crippen molar-refractivity contribution < 1.29 is 17.9 Å². The third kappa shape index (κ3) is 3.43. The van der Waals surface area contributed by atoms with Crippen molar-refractivity contribution in [1.29, 1.82) is 0 Å². The Balaban J connectivity index is 2.83. The van der Waals surface area contributed by atoms with Crippen LogP contribution in [0.3, 0.4) is 0 Å². The van der Waals surface area contributed by atoms with E-state index in [4.69, 9.17) is 5.84 Å². The van der Waals surface area contributed by atoms with E-state index in [0.29, 0.717) is 11.4 Å². The molecule has 1 rings (SSSR count). The van der Waals surface area contributed by atoms with Gasteiger partial charge in [-0.15, -0.1) is 13.2 Å². The molecule has 0 saturated heterocycles. The summed E-state index contributed by atoms with van der Waals surface area (Å²) in [5.41, 5.74) is 2.89. The molecule has 0 amide bonds. The highest BCUT2D eigenvalue weighted by Crippen LogP contribution is 2.22. The van der Waals surface area contributed by atoms with Gasteiger partial charge < -0.3 is 10.2 Å². The average Bonchev–Trinajstić information content (AvgIpc) is 2.20. The lowest BCUT2D eigenvalue weighted by atomic mass is 10.2. The zero-order valence-electron chi connectivity index (χ0n) is 8.38. The Hall–Kier alpha value is -1.76. The van der Waals surface area contributed by atoms with Crippen molar-refractivity contribution in [1.82, 2.24) is 5.43 Å².